The minimum Gasteiger partial charge on any atom is -0.264 e. The average Bonchev–Trinajstić information content (AvgIpc) is 2.19. The standard InChI is InChI=1S/C12H10N2/c1-9-2-3-10-7-14-8-11(4-5-13)12(10)6-9/h2-3,6-8H,4H2,1H3. The van der Waals surface area contributed by atoms with E-state index in [2.05, 4.69) is 30.1 Å². The average molecular weight is 182 g/mol. The van der Waals surface area contributed by atoms with E-state index in [1.807, 2.05) is 12.3 Å². The predicted octanol–water partition coefficient (Wildman–Crippen LogP) is 2.61. The maximum atomic E-state index is 8.67. The van der Waals surface area contributed by atoms with Gasteiger partial charge in [0.15, 0.2) is 0 Å². The van der Waals surface area contributed by atoms with Crippen molar-refractivity contribution in [1.29, 1.82) is 5.26 Å². The second kappa shape index (κ2) is 3.47. The summed E-state index contributed by atoms with van der Waals surface area (Å²) in [4.78, 5) is 4.11. The van der Waals surface area contributed by atoms with E-state index in [0.29, 0.717) is 6.42 Å². The van der Waals surface area contributed by atoms with Gasteiger partial charge in [-0.1, -0.05) is 23.8 Å². The highest BCUT2D eigenvalue weighted by molar-refractivity contribution is 5.85. The van der Waals surface area contributed by atoms with E-state index in [4.69, 9.17) is 5.26 Å². The number of rotatable bonds is 1. The summed E-state index contributed by atoms with van der Waals surface area (Å²) in [5.74, 6) is 0. The molecule has 1 aromatic heterocycles. The topological polar surface area (TPSA) is 36.7 Å². The van der Waals surface area contributed by atoms with Crippen molar-refractivity contribution >= 4 is 10.8 Å². The molecule has 0 unspecified atom stereocenters. The van der Waals surface area contributed by atoms with Crippen LogP contribution in [0.1, 0.15) is 11.1 Å². The van der Waals surface area contributed by atoms with Crippen LogP contribution in [0.4, 0.5) is 0 Å². The van der Waals surface area contributed by atoms with Crippen LogP contribution in [-0.2, 0) is 6.42 Å². The van der Waals surface area contributed by atoms with Crippen molar-refractivity contribution in [2.75, 3.05) is 0 Å². The lowest BCUT2D eigenvalue weighted by Gasteiger charge is -2.02. The van der Waals surface area contributed by atoms with Crippen molar-refractivity contribution in [3.05, 3.63) is 41.7 Å². The minimum absolute atomic E-state index is 0.424. The number of aryl methyl sites for hydroxylation is 1. The first-order valence-electron chi connectivity index (χ1n) is 4.51. The van der Waals surface area contributed by atoms with Crippen LogP contribution in [-0.4, -0.2) is 4.98 Å². The second-order valence-corrected chi connectivity index (χ2v) is 3.36. The fourth-order valence-corrected chi connectivity index (χ4v) is 1.56. The Labute approximate surface area is 82.8 Å². The van der Waals surface area contributed by atoms with Crippen molar-refractivity contribution in [2.45, 2.75) is 13.3 Å². The van der Waals surface area contributed by atoms with Gasteiger partial charge < -0.3 is 0 Å². The van der Waals surface area contributed by atoms with Gasteiger partial charge in [0.05, 0.1) is 12.5 Å². The molecule has 1 aromatic carbocycles. The van der Waals surface area contributed by atoms with Crippen molar-refractivity contribution in [3.63, 3.8) is 0 Å². The number of fused-ring (bicyclic) bond motifs is 1. The molecule has 0 aliphatic heterocycles. The van der Waals surface area contributed by atoms with E-state index in [1.165, 1.54) is 5.56 Å². The smallest absolute Gasteiger partial charge is 0.0670 e. The Kier molecular flexibility index (Phi) is 2.16. The zero-order valence-electron chi connectivity index (χ0n) is 7.99. The molecule has 1 heterocycles. The predicted molar refractivity (Wildman–Crippen MR) is 55.8 cm³/mol. The summed E-state index contributed by atoms with van der Waals surface area (Å²) in [7, 11) is 0. The molecule has 2 heteroatoms. The molecule has 2 nitrogen and oxygen atoms in total. The fourth-order valence-electron chi connectivity index (χ4n) is 1.56. The highest BCUT2D eigenvalue weighted by Gasteiger charge is 2.00. The molecule has 0 N–H and O–H groups in total. The number of hydrogen-bond donors (Lipinski definition) is 0. The molecular formula is C12H10N2. The molecule has 0 atom stereocenters. The number of nitriles is 1. The van der Waals surface area contributed by atoms with Gasteiger partial charge in [0, 0.05) is 17.8 Å². The number of hydrogen-bond acceptors (Lipinski definition) is 2. The van der Waals surface area contributed by atoms with Crippen LogP contribution < -0.4 is 0 Å². The van der Waals surface area contributed by atoms with E-state index in [0.717, 1.165) is 16.3 Å². The molecule has 0 spiro atoms. The van der Waals surface area contributed by atoms with Crippen molar-refractivity contribution in [1.82, 2.24) is 4.98 Å². The summed E-state index contributed by atoms with van der Waals surface area (Å²) in [6.07, 6.45) is 4.02. The maximum absolute atomic E-state index is 8.67. The van der Waals surface area contributed by atoms with Crippen molar-refractivity contribution in [3.8, 4) is 6.07 Å². The number of pyridine rings is 1. The van der Waals surface area contributed by atoms with Crippen LogP contribution >= 0.6 is 0 Å². The zero-order valence-corrected chi connectivity index (χ0v) is 7.99. The third-order valence-corrected chi connectivity index (χ3v) is 2.27. The summed E-state index contributed by atoms with van der Waals surface area (Å²) in [6.45, 7) is 2.05. The first kappa shape index (κ1) is 8.71. The molecule has 68 valence electrons. The quantitative estimate of drug-likeness (QED) is 0.679. The lowest BCUT2D eigenvalue weighted by atomic mass is 10.0. The molecule has 0 bridgehead atoms. The number of nitrogens with zero attached hydrogens (tertiary/aromatic N) is 2. The Morgan fingerprint density at radius 2 is 2.21 bits per heavy atom. The van der Waals surface area contributed by atoms with Gasteiger partial charge in [-0.05, 0) is 17.9 Å². The third-order valence-electron chi connectivity index (χ3n) is 2.27. The van der Waals surface area contributed by atoms with Gasteiger partial charge in [0.2, 0.25) is 0 Å². The SMILES string of the molecule is Cc1ccc2cncc(CC#N)c2c1. The van der Waals surface area contributed by atoms with Crippen LogP contribution in [0.25, 0.3) is 10.8 Å². The first-order chi connectivity index (χ1) is 6.81. The van der Waals surface area contributed by atoms with Gasteiger partial charge in [-0.3, -0.25) is 4.98 Å². The summed E-state index contributed by atoms with van der Waals surface area (Å²) < 4.78 is 0. The van der Waals surface area contributed by atoms with Gasteiger partial charge in [-0.25, -0.2) is 0 Å². The van der Waals surface area contributed by atoms with Gasteiger partial charge in [-0.2, -0.15) is 5.26 Å². The van der Waals surface area contributed by atoms with Gasteiger partial charge >= 0.3 is 0 Å². The normalized spacial score (nSPS) is 10.0. The van der Waals surface area contributed by atoms with Crippen LogP contribution in [0.3, 0.4) is 0 Å². The maximum Gasteiger partial charge on any atom is 0.0670 e. The Morgan fingerprint density at radius 1 is 1.36 bits per heavy atom. The van der Waals surface area contributed by atoms with Gasteiger partial charge in [0.1, 0.15) is 0 Å². The highest BCUT2D eigenvalue weighted by Crippen LogP contribution is 2.19. The van der Waals surface area contributed by atoms with Crippen LogP contribution in [0.5, 0.6) is 0 Å². The molecule has 2 aromatic rings. The molecule has 0 aliphatic carbocycles. The lowest BCUT2D eigenvalue weighted by Crippen LogP contribution is -1.87. The number of benzene rings is 1. The Bertz CT molecular complexity index is 509. The molecule has 0 fully saturated rings. The lowest BCUT2D eigenvalue weighted by molar-refractivity contribution is 1.22. The Hall–Kier alpha value is -1.88. The summed E-state index contributed by atoms with van der Waals surface area (Å²) in [5, 5.41) is 10.9. The van der Waals surface area contributed by atoms with E-state index in [-0.39, 0.29) is 0 Å². The molecule has 0 amide bonds. The second-order valence-electron chi connectivity index (χ2n) is 3.36. The van der Waals surface area contributed by atoms with Crippen LogP contribution in [0.2, 0.25) is 0 Å². The minimum atomic E-state index is 0.424. The molecule has 0 radical (unpaired) electrons. The van der Waals surface area contributed by atoms with E-state index >= 15 is 0 Å². The fraction of sp³-hybridized carbons (Fsp3) is 0.167. The molecular weight excluding hydrogens is 172 g/mol. The zero-order chi connectivity index (χ0) is 9.97. The van der Waals surface area contributed by atoms with Gasteiger partial charge in [0.25, 0.3) is 0 Å². The third kappa shape index (κ3) is 1.45. The van der Waals surface area contributed by atoms with Crippen molar-refractivity contribution < 1.29 is 0 Å². The van der Waals surface area contributed by atoms with Gasteiger partial charge in [-0.15, -0.1) is 0 Å². The van der Waals surface area contributed by atoms with Crippen LogP contribution in [0, 0.1) is 18.3 Å². The largest absolute Gasteiger partial charge is 0.264 e. The molecule has 2 rings (SSSR count). The van der Waals surface area contributed by atoms with E-state index in [9.17, 15) is 0 Å². The molecule has 0 saturated heterocycles. The monoisotopic (exact) mass is 182 g/mol. The van der Waals surface area contributed by atoms with Crippen molar-refractivity contribution in [2.24, 2.45) is 0 Å². The molecule has 0 saturated carbocycles. The van der Waals surface area contributed by atoms with E-state index < -0.39 is 0 Å². The number of aromatic nitrogens is 1. The summed E-state index contributed by atoms with van der Waals surface area (Å²) in [6, 6.07) is 8.35. The Balaban J connectivity index is 2.72. The molecule has 14 heavy (non-hydrogen) atoms. The molecule has 0 aliphatic rings. The Morgan fingerprint density at radius 3 is 3.00 bits per heavy atom. The summed E-state index contributed by atoms with van der Waals surface area (Å²) >= 11 is 0. The van der Waals surface area contributed by atoms with E-state index in [1.54, 1.807) is 6.20 Å². The highest BCUT2D eigenvalue weighted by atomic mass is 14.6. The first-order valence-corrected chi connectivity index (χ1v) is 4.51. The van der Waals surface area contributed by atoms with Crippen LogP contribution in [0.15, 0.2) is 30.6 Å². The summed E-state index contributed by atoms with van der Waals surface area (Å²) in [5.41, 5.74) is 2.22.